The van der Waals surface area contributed by atoms with Crippen LogP contribution in [0.1, 0.15) is 39.1 Å². The molecule has 9 nitrogen and oxygen atoms in total. The number of hydrogen-bond donors (Lipinski definition) is 2. The highest BCUT2D eigenvalue weighted by Gasteiger charge is 2.46. The summed E-state index contributed by atoms with van der Waals surface area (Å²) in [5, 5.41) is 6.98. The molecule has 2 saturated heterocycles. The van der Waals surface area contributed by atoms with E-state index >= 15 is 0 Å². The van der Waals surface area contributed by atoms with Crippen LogP contribution in [-0.2, 0) is 10.3 Å². The summed E-state index contributed by atoms with van der Waals surface area (Å²) in [7, 11) is 1.36. The number of nitrogens with one attached hydrogen (secondary N) is 2. The van der Waals surface area contributed by atoms with Gasteiger partial charge >= 0.3 is 5.97 Å². The summed E-state index contributed by atoms with van der Waals surface area (Å²) < 4.78 is 11.1. The van der Waals surface area contributed by atoms with Crippen LogP contribution >= 0.6 is 11.6 Å². The van der Waals surface area contributed by atoms with Crippen molar-refractivity contribution < 1.29 is 19.1 Å². The van der Waals surface area contributed by atoms with E-state index in [1.807, 2.05) is 29.2 Å². The molecule has 1 aromatic heterocycles. The Bertz CT molecular complexity index is 1400. The smallest absolute Gasteiger partial charge is 0.337 e. The molecule has 1 saturated carbocycles. The van der Waals surface area contributed by atoms with Crippen LogP contribution in [0.3, 0.4) is 0 Å². The Morgan fingerprint density at radius 2 is 1.80 bits per heavy atom. The SMILES string of the molecule is COC(=O)c1ccc(C2(NC(=O)c3cc(Cl)cnc3N3CC(Oc4cccc(N5CCNCC5)c4)C3)CC2)cc1. The van der Waals surface area contributed by atoms with E-state index in [1.165, 1.54) is 12.8 Å². The lowest BCUT2D eigenvalue weighted by molar-refractivity contribution is 0.0600. The first kappa shape index (κ1) is 26.4. The second-order valence-electron chi connectivity index (χ2n) is 10.5. The van der Waals surface area contributed by atoms with Gasteiger partial charge < -0.3 is 29.9 Å². The van der Waals surface area contributed by atoms with E-state index in [9.17, 15) is 9.59 Å². The van der Waals surface area contributed by atoms with Crippen LogP contribution in [0.25, 0.3) is 0 Å². The number of aromatic nitrogens is 1. The quantitative estimate of drug-likeness (QED) is 0.403. The maximum atomic E-state index is 13.5. The van der Waals surface area contributed by atoms with E-state index in [0.29, 0.717) is 35.1 Å². The highest BCUT2D eigenvalue weighted by atomic mass is 35.5. The summed E-state index contributed by atoms with van der Waals surface area (Å²) in [4.78, 5) is 34.2. The first-order valence-electron chi connectivity index (χ1n) is 13.6. The van der Waals surface area contributed by atoms with Crippen LogP contribution < -0.4 is 25.2 Å². The Morgan fingerprint density at radius 1 is 1.05 bits per heavy atom. The van der Waals surface area contributed by atoms with E-state index in [2.05, 4.69) is 32.7 Å². The maximum Gasteiger partial charge on any atom is 0.337 e. The van der Waals surface area contributed by atoms with Gasteiger partial charge in [-0.15, -0.1) is 0 Å². The summed E-state index contributed by atoms with van der Waals surface area (Å²) in [6, 6.07) is 17.1. The van der Waals surface area contributed by atoms with Crippen LogP contribution in [-0.4, -0.2) is 69.3 Å². The third-order valence-electron chi connectivity index (χ3n) is 7.79. The first-order chi connectivity index (χ1) is 19.4. The lowest BCUT2D eigenvalue weighted by Gasteiger charge is -2.40. The molecule has 3 aliphatic rings. The molecule has 1 amide bonds. The van der Waals surface area contributed by atoms with Gasteiger partial charge in [0.1, 0.15) is 17.7 Å². The zero-order valence-electron chi connectivity index (χ0n) is 22.4. The van der Waals surface area contributed by atoms with Crippen molar-refractivity contribution in [3.05, 3.63) is 82.5 Å². The number of carbonyl (C=O) groups excluding carboxylic acids is 2. The zero-order chi connectivity index (χ0) is 27.7. The molecular formula is C30H32ClN5O4. The second kappa shape index (κ2) is 11.0. The van der Waals surface area contributed by atoms with Crippen molar-refractivity contribution in [3.8, 4) is 5.75 Å². The topological polar surface area (TPSA) is 96.0 Å². The minimum Gasteiger partial charge on any atom is -0.487 e. The number of pyridine rings is 1. The molecule has 2 aliphatic heterocycles. The molecule has 0 spiro atoms. The molecule has 40 heavy (non-hydrogen) atoms. The van der Waals surface area contributed by atoms with Crippen molar-refractivity contribution >= 4 is 35.0 Å². The van der Waals surface area contributed by atoms with Gasteiger partial charge in [-0.3, -0.25) is 4.79 Å². The number of rotatable bonds is 8. The van der Waals surface area contributed by atoms with Gasteiger partial charge in [0.05, 0.1) is 41.9 Å². The van der Waals surface area contributed by atoms with Crippen molar-refractivity contribution in [2.24, 2.45) is 0 Å². The number of halogens is 1. The number of esters is 1. The van der Waals surface area contributed by atoms with Crippen molar-refractivity contribution in [2.75, 3.05) is 56.2 Å². The minimum absolute atomic E-state index is 0.00485. The summed E-state index contributed by atoms with van der Waals surface area (Å²) in [6.45, 7) is 5.16. The molecule has 0 atom stereocenters. The fourth-order valence-corrected chi connectivity index (χ4v) is 5.50. The first-order valence-corrected chi connectivity index (χ1v) is 14.0. The Balaban J connectivity index is 1.11. The Morgan fingerprint density at radius 3 is 2.50 bits per heavy atom. The molecule has 0 unspecified atom stereocenters. The number of ether oxygens (including phenoxy) is 2. The van der Waals surface area contributed by atoms with Crippen LogP contribution in [0.4, 0.5) is 11.5 Å². The van der Waals surface area contributed by atoms with E-state index in [4.69, 9.17) is 21.1 Å². The van der Waals surface area contributed by atoms with Gasteiger partial charge in [0.15, 0.2) is 0 Å². The standard InChI is InChI=1S/C30H32ClN5O4/c1-39-29(38)20-5-7-21(8-6-20)30(9-10-30)34-28(37)26-15-22(31)17-33-27(26)36-18-25(19-36)40-24-4-2-3-23(16-24)35-13-11-32-12-14-35/h2-8,15-17,25,32H,9-14,18-19H2,1H3,(H,34,37). The number of methoxy groups -OCH3 is 1. The summed E-state index contributed by atoms with van der Waals surface area (Å²) in [5.41, 5.74) is 2.55. The van der Waals surface area contributed by atoms with E-state index in [1.54, 1.807) is 24.4 Å². The largest absolute Gasteiger partial charge is 0.487 e. The number of anilines is 2. The highest BCUT2D eigenvalue weighted by molar-refractivity contribution is 6.31. The number of nitrogens with zero attached hydrogens (tertiary/aromatic N) is 3. The zero-order valence-corrected chi connectivity index (χ0v) is 23.1. The Kier molecular flexibility index (Phi) is 7.25. The van der Waals surface area contributed by atoms with Crippen LogP contribution in [0, 0.1) is 0 Å². The number of carbonyl (C=O) groups is 2. The van der Waals surface area contributed by atoms with Crippen LogP contribution in [0.5, 0.6) is 5.75 Å². The average molecular weight is 562 g/mol. The molecular weight excluding hydrogens is 530 g/mol. The van der Waals surface area contributed by atoms with Gasteiger partial charge in [0.2, 0.25) is 0 Å². The van der Waals surface area contributed by atoms with Gasteiger partial charge in [0, 0.05) is 44.1 Å². The summed E-state index contributed by atoms with van der Waals surface area (Å²) >= 11 is 6.27. The van der Waals surface area contributed by atoms with E-state index in [0.717, 1.165) is 50.3 Å². The predicted molar refractivity (Wildman–Crippen MR) is 154 cm³/mol. The van der Waals surface area contributed by atoms with Crippen molar-refractivity contribution in [2.45, 2.75) is 24.5 Å². The lowest BCUT2D eigenvalue weighted by atomic mass is 10.0. The molecule has 3 heterocycles. The van der Waals surface area contributed by atoms with Crippen molar-refractivity contribution in [1.82, 2.24) is 15.6 Å². The molecule has 1 aliphatic carbocycles. The van der Waals surface area contributed by atoms with Gasteiger partial charge in [-0.25, -0.2) is 9.78 Å². The third kappa shape index (κ3) is 5.44. The number of hydrogen-bond acceptors (Lipinski definition) is 8. The molecule has 6 rings (SSSR count). The monoisotopic (exact) mass is 561 g/mol. The van der Waals surface area contributed by atoms with Gasteiger partial charge in [-0.1, -0.05) is 29.8 Å². The van der Waals surface area contributed by atoms with Crippen molar-refractivity contribution in [3.63, 3.8) is 0 Å². The highest BCUT2D eigenvalue weighted by Crippen LogP contribution is 2.46. The number of piperazine rings is 1. The Labute approximate surface area is 238 Å². The minimum atomic E-state index is -0.471. The predicted octanol–water partition coefficient (Wildman–Crippen LogP) is 3.62. The average Bonchev–Trinajstić information content (AvgIpc) is 3.75. The molecule has 2 N–H and O–H groups in total. The van der Waals surface area contributed by atoms with Gasteiger partial charge in [-0.2, -0.15) is 0 Å². The van der Waals surface area contributed by atoms with Gasteiger partial charge in [-0.05, 0) is 48.7 Å². The fraction of sp³-hybridized carbons (Fsp3) is 0.367. The van der Waals surface area contributed by atoms with Crippen molar-refractivity contribution in [1.29, 1.82) is 0 Å². The maximum absolute atomic E-state index is 13.5. The van der Waals surface area contributed by atoms with E-state index in [-0.39, 0.29) is 18.0 Å². The normalized spacial score (nSPS) is 18.1. The molecule has 3 aromatic rings. The number of amides is 1. The second-order valence-corrected chi connectivity index (χ2v) is 10.9. The molecule has 10 heteroatoms. The number of benzene rings is 2. The van der Waals surface area contributed by atoms with Gasteiger partial charge in [0.25, 0.3) is 5.91 Å². The summed E-state index contributed by atoms with van der Waals surface area (Å²) in [5.74, 6) is 0.816. The lowest BCUT2D eigenvalue weighted by Crippen LogP contribution is -2.55. The molecule has 3 fully saturated rings. The Hall–Kier alpha value is -3.82. The molecule has 0 bridgehead atoms. The molecule has 2 aromatic carbocycles. The third-order valence-corrected chi connectivity index (χ3v) is 8.00. The fourth-order valence-electron chi connectivity index (χ4n) is 5.34. The summed E-state index contributed by atoms with van der Waals surface area (Å²) in [6.07, 6.45) is 3.19. The molecule has 0 radical (unpaired) electrons. The molecule has 208 valence electrons. The van der Waals surface area contributed by atoms with E-state index < -0.39 is 5.54 Å². The van der Waals surface area contributed by atoms with Crippen LogP contribution in [0.2, 0.25) is 5.02 Å². The van der Waals surface area contributed by atoms with Crippen LogP contribution in [0.15, 0.2) is 60.8 Å².